The van der Waals surface area contributed by atoms with E-state index in [0.29, 0.717) is 6.42 Å². The van der Waals surface area contributed by atoms with Crippen molar-refractivity contribution in [3.8, 4) is 0 Å². The molecule has 96 valence electrons. The van der Waals surface area contributed by atoms with Gasteiger partial charge in [-0.15, -0.1) is 11.3 Å². The van der Waals surface area contributed by atoms with Crippen molar-refractivity contribution in [1.29, 1.82) is 0 Å². The van der Waals surface area contributed by atoms with Gasteiger partial charge in [0.1, 0.15) is 0 Å². The Kier molecular flexibility index (Phi) is 3.44. The van der Waals surface area contributed by atoms with Crippen molar-refractivity contribution in [2.75, 3.05) is 0 Å². The second-order valence-corrected chi connectivity index (χ2v) is 6.22. The van der Waals surface area contributed by atoms with Gasteiger partial charge in [-0.05, 0) is 41.7 Å². The first-order valence-electron chi connectivity index (χ1n) is 6.13. The number of hydrogen-bond donors (Lipinski definition) is 1. The average molecular weight is 262 g/mol. The van der Waals surface area contributed by atoms with Crippen molar-refractivity contribution in [3.05, 3.63) is 35.2 Å². The van der Waals surface area contributed by atoms with Crippen LogP contribution in [0.1, 0.15) is 26.3 Å². The Hall–Kier alpha value is -1.35. The van der Waals surface area contributed by atoms with Crippen LogP contribution in [0.4, 0.5) is 0 Å². The summed E-state index contributed by atoms with van der Waals surface area (Å²) >= 11 is 1.69. The number of aliphatic carboxylic acids is 1. The highest BCUT2D eigenvalue weighted by molar-refractivity contribution is 7.17. The SMILES string of the molecule is CC(C)C(C)(Cc1csc2ccccc12)C(=O)O. The van der Waals surface area contributed by atoms with Crippen molar-refractivity contribution < 1.29 is 9.90 Å². The fraction of sp³-hybridized carbons (Fsp3) is 0.400. The van der Waals surface area contributed by atoms with Gasteiger partial charge in [0.2, 0.25) is 0 Å². The lowest BCUT2D eigenvalue weighted by molar-refractivity contribution is -0.150. The third kappa shape index (κ3) is 2.15. The fourth-order valence-electron chi connectivity index (χ4n) is 2.09. The van der Waals surface area contributed by atoms with Gasteiger partial charge in [-0.3, -0.25) is 4.79 Å². The molecule has 2 rings (SSSR count). The van der Waals surface area contributed by atoms with Gasteiger partial charge < -0.3 is 5.11 Å². The summed E-state index contributed by atoms with van der Waals surface area (Å²) in [7, 11) is 0. The summed E-state index contributed by atoms with van der Waals surface area (Å²) in [5.74, 6) is -0.610. The lowest BCUT2D eigenvalue weighted by Crippen LogP contribution is -2.35. The van der Waals surface area contributed by atoms with E-state index < -0.39 is 11.4 Å². The molecule has 0 fully saturated rings. The summed E-state index contributed by atoms with van der Waals surface area (Å²) in [6.45, 7) is 5.79. The highest BCUT2D eigenvalue weighted by atomic mass is 32.1. The zero-order valence-electron chi connectivity index (χ0n) is 10.9. The quantitative estimate of drug-likeness (QED) is 0.897. The van der Waals surface area contributed by atoms with E-state index in [1.54, 1.807) is 11.3 Å². The van der Waals surface area contributed by atoms with Crippen LogP contribution in [-0.4, -0.2) is 11.1 Å². The summed E-state index contributed by atoms with van der Waals surface area (Å²) in [4.78, 5) is 11.5. The Labute approximate surface area is 111 Å². The van der Waals surface area contributed by atoms with Crippen LogP contribution in [0.3, 0.4) is 0 Å². The topological polar surface area (TPSA) is 37.3 Å². The lowest BCUT2D eigenvalue weighted by Gasteiger charge is -2.28. The van der Waals surface area contributed by atoms with Gasteiger partial charge in [0.15, 0.2) is 0 Å². The molecule has 0 aliphatic heterocycles. The molecular weight excluding hydrogens is 244 g/mol. The maximum atomic E-state index is 11.5. The van der Waals surface area contributed by atoms with E-state index in [9.17, 15) is 9.90 Å². The van der Waals surface area contributed by atoms with E-state index in [1.807, 2.05) is 32.9 Å². The third-order valence-electron chi connectivity index (χ3n) is 3.88. The highest BCUT2D eigenvalue weighted by Crippen LogP contribution is 2.36. The number of carboxylic acids is 1. The zero-order chi connectivity index (χ0) is 13.3. The minimum Gasteiger partial charge on any atom is -0.481 e. The van der Waals surface area contributed by atoms with Crippen molar-refractivity contribution in [2.45, 2.75) is 27.2 Å². The van der Waals surface area contributed by atoms with Crippen LogP contribution in [0.5, 0.6) is 0 Å². The Morgan fingerprint density at radius 3 is 2.67 bits per heavy atom. The molecule has 0 saturated carbocycles. The molecule has 3 heteroatoms. The first kappa shape index (κ1) is 13.1. The number of hydrogen-bond acceptors (Lipinski definition) is 2. The smallest absolute Gasteiger partial charge is 0.309 e. The summed E-state index contributed by atoms with van der Waals surface area (Å²) in [5, 5.41) is 12.8. The largest absolute Gasteiger partial charge is 0.481 e. The zero-order valence-corrected chi connectivity index (χ0v) is 11.8. The van der Waals surface area contributed by atoms with Crippen LogP contribution in [0.2, 0.25) is 0 Å². The average Bonchev–Trinajstić information content (AvgIpc) is 2.72. The first-order valence-corrected chi connectivity index (χ1v) is 7.01. The first-order chi connectivity index (χ1) is 8.45. The maximum absolute atomic E-state index is 11.5. The number of fused-ring (bicyclic) bond motifs is 1. The molecule has 1 atom stereocenters. The Morgan fingerprint density at radius 2 is 2.06 bits per heavy atom. The summed E-state index contributed by atoms with van der Waals surface area (Å²) in [6, 6.07) is 8.17. The molecule has 1 N–H and O–H groups in total. The molecule has 18 heavy (non-hydrogen) atoms. The highest BCUT2D eigenvalue weighted by Gasteiger charge is 2.37. The van der Waals surface area contributed by atoms with Crippen LogP contribution in [0.25, 0.3) is 10.1 Å². The van der Waals surface area contributed by atoms with Gasteiger partial charge in [-0.1, -0.05) is 32.0 Å². The van der Waals surface area contributed by atoms with Gasteiger partial charge >= 0.3 is 5.97 Å². The van der Waals surface area contributed by atoms with Gasteiger partial charge in [0, 0.05) is 4.70 Å². The predicted octanol–water partition coefficient (Wildman–Crippen LogP) is 4.19. The molecule has 1 unspecified atom stereocenters. The molecular formula is C15H18O2S. The maximum Gasteiger partial charge on any atom is 0.309 e. The summed E-state index contributed by atoms with van der Waals surface area (Å²) in [6.07, 6.45) is 0.587. The molecule has 0 radical (unpaired) electrons. The summed E-state index contributed by atoms with van der Waals surface area (Å²) in [5.41, 5.74) is 0.443. The van der Waals surface area contributed by atoms with Crippen molar-refractivity contribution in [2.24, 2.45) is 11.3 Å². The van der Waals surface area contributed by atoms with Crippen LogP contribution < -0.4 is 0 Å². The molecule has 0 aliphatic carbocycles. The van der Waals surface area contributed by atoms with Gasteiger partial charge in [0.05, 0.1) is 5.41 Å². The number of carboxylic acid groups (broad SMARTS) is 1. The lowest BCUT2D eigenvalue weighted by atomic mass is 9.74. The molecule has 1 aromatic heterocycles. The number of benzene rings is 1. The van der Waals surface area contributed by atoms with Crippen LogP contribution in [0.15, 0.2) is 29.6 Å². The normalized spacial score (nSPS) is 14.9. The molecule has 1 aromatic carbocycles. The van der Waals surface area contributed by atoms with Crippen LogP contribution in [-0.2, 0) is 11.2 Å². The van der Waals surface area contributed by atoms with Crippen LogP contribution in [0, 0.1) is 11.3 Å². The third-order valence-corrected chi connectivity index (χ3v) is 4.89. The van der Waals surface area contributed by atoms with E-state index in [1.165, 1.54) is 10.1 Å². The molecule has 2 nitrogen and oxygen atoms in total. The van der Waals surface area contributed by atoms with E-state index in [0.717, 1.165) is 5.56 Å². The van der Waals surface area contributed by atoms with Crippen molar-refractivity contribution >= 4 is 27.4 Å². The van der Waals surface area contributed by atoms with E-state index in [2.05, 4.69) is 17.5 Å². The second-order valence-electron chi connectivity index (χ2n) is 5.31. The van der Waals surface area contributed by atoms with E-state index in [-0.39, 0.29) is 5.92 Å². The Morgan fingerprint density at radius 1 is 1.39 bits per heavy atom. The molecule has 0 bridgehead atoms. The Bertz CT molecular complexity index is 571. The van der Waals surface area contributed by atoms with E-state index in [4.69, 9.17) is 0 Å². The predicted molar refractivity (Wildman–Crippen MR) is 76.1 cm³/mol. The molecule has 2 aromatic rings. The van der Waals surface area contributed by atoms with Crippen molar-refractivity contribution in [3.63, 3.8) is 0 Å². The molecule has 0 saturated heterocycles. The fourth-order valence-corrected chi connectivity index (χ4v) is 3.05. The standard InChI is InChI=1S/C15H18O2S/c1-10(2)15(3,14(16)17)8-11-9-18-13-7-5-4-6-12(11)13/h4-7,9-10H,8H2,1-3H3,(H,16,17). The minimum absolute atomic E-state index is 0.105. The number of rotatable bonds is 4. The second kappa shape index (κ2) is 4.73. The molecule has 0 aliphatic rings. The summed E-state index contributed by atoms with van der Waals surface area (Å²) < 4.78 is 1.23. The monoisotopic (exact) mass is 262 g/mol. The van der Waals surface area contributed by atoms with Crippen molar-refractivity contribution in [1.82, 2.24) is 0 Å². The van der Waals surface area contributed by atoms with Crippen LogP contribution >= 0.6 is 11.3 Å². The van der Waals surface area contributed by atoms with Gasteiger partial charge in [0.25, 0.3) is 0 Å². The molecule has 1 heterocycles. The number of carbonyl (C=O) groups is 1. The minimum atomic E-state index is -0.715. The van der Waals surface area contributed by atoms with E-state index >= 15 is 0 Å². The molecule has 0 amide bonds. The molecule has 0 spiro atoms. The van der Waals surface area contributed by atoms with Gasteiger partial charge in [-0.25, -0.2) is 0 Å². The van der Waals surface area contributed by atoms with Gasteiger partial charge in [-0.2, -0.15) is 0 Å². The number of thiophene rings is 1. The Balaban J connectivity index is 2.41.